The van der Waals surface area contributed by atoms with Crippen LogP contribution in [0.3, 0.4) is 0 Å². The number of esters is 1. The fraction of sp³-hybridized carbons (Fsp3) is 0.429. The molecule has 28 heavy (non-hydrogen) atoms. The Morgan fingerprint density at radius 1 is 1.11 bits per heavy atom. The third-order valence-electron chi connectivity index (χ3n) is 5.02. The Morgan fingerprint density at radius 3 is 2.36 bits per heavy atom. The molecule has 0 aliphatic heterocycles. The van der Waals surface area contributed by atoms with Crippen molar-refractivity contribution in [1.29, 1.82) is 0 Å². The number of hydrogen-bond donors (Lipinski definition) is 0. The number of hydrogen-bond acceptors (Lipinski definition) is 5. The van der Waals surface area contributed by atoms with Gasteiger partial charge in [-0.3, -0.25) is 9.59 Å². The van der Waals surface area contributed by atoms with Gasteiger partial charge in [0.1, 0.15) is 0 Å². The average molecular weight is 404 g/mol. The van der Waals surface area contributed by atoms with E-state index in [1.807, 2.05) is 26.8 Å². The first kappa shape index (κ1) is 20.3. The van der Waals surface area contributed by atoms with Gasteiger partial charge < -0.3 is 9.30 Å². The molecule has 1 aliphatic carbocycles. The number of carbonyl (C=O) groups is 2. The molecule has 7 heteroatoms. The molecule has 1 aromatic heterocycles. The van der Waals surface area contributed by atoms with Gasteiger partial charge in [0.15, 0.2) is 16.4 Å². The van der Waals surface area contributed by atoms with E-state index in [0.29, 0.717) is 11.6 Å². The molecule has 0 unspecified atom stereocenters. The van der Waals surface area contributed by atoms with Crippen molar-refractivity contribution in [1.82, 2.24) is 4.57 Å². The van der Waals surface area contributed by atoms with Gasteiger partial charge in [-0.2, -0.15) is 0 Å². The van der Waals surface area contributed by atoms with Crippen LogP contribution in [0.4, 0.5) is 0 Å². The highest BCUT2D eigenvalue weighted by Crippen LogP contribution is 2.38. The summed E-state index contributed by atoms with van der Waals surface area (Å²) in [6.07, 6.45) is 1.95. The highest BCUT2D eigenvalue weighted by Gasteiger charge is 2.28. The summed E-state index contributed by atoms with van der Waals surface area (Å²) >= 11 is 0. The lowest BCUT2D eigenvalue weighted by atomic mass is 10.1. The topological polar surface area (TPSA) is 82.4 Å². The summed E-state index contributed by atoms with van der Waals surface area (Å²) in [5.41, 5.74) is 3.43. The van der Waals surface area contributed by atoms with Crippen molar-refractivity contribution < 1.29 is 22.7 Å². The minimum absolute atomic E-state index is 0.175. The van der Waals surface area contributed by atoms with Crippen LogP contribution in [0, 0.1) is 20.8 Å². The first-order chi connectivity index (χ1) is 13.2. The highest BCUT2D eigenvalue weighted by atomic mass is 32.2. The van der Waals surface area contributed by atoms with Crippen LogP contribution in [-0.2, 0) is 19.4 Å². The zero-order valence-electron chi connectivity index (χ0n) is 16.4. The molecule has 0 saturated heterocycles. The molecule has 150 valence electrons. The van der Waals surface area contributed by atoms with Gasteiger partial charge in [-0.15, -0.1) is 0 Å². The number of Topliss-reactive ketones (excluding diaryl/α,β-unsaturated/α-hetero) is 1. The van der Waals surface area contributed by atoms with Gasteiger partial charge in [0.25, 0.3) is 0 Å². The van der Waals surface area contributed by atoms with E-state index in [0.717, 1.165) is 29.8 Å². The number of rotatable bonds is 8. The lowest BCUT2D eigenvalue weighted by Crippen LogP contribution is -2.18. The van der Waals surface area contributed by atoms with Crippen molar-refractivity contribution in [3.63, 3.8) is 0 Å². The van der Waals surface area contributed by atoms with Gasteiger partial charge in [0.05, 0.1) is 17.1 Å². The maximum Gasteiger partial charge on any atom is 0.307 e. The van der Waals surface area contributed by atoms with Crippen LogP contribution >= 0.6 is 0 Å². The largest absolute Gasteiger partial charge is 0.457 e. The number of benzene rings is 1. The van der Waals surface area contributed by atoms with Gasteiger partial charge >= 0.3 is 5.97 Å². The fourth-order valence-electron chi connectivity index (χ4n) is 3.33. The maximum atomic E-state index is 12.4. The van der Waals surface area contributed by atoms with E-state index in [2.05, 4.69) is 4.57 Å². The molecular weight excluding hydrogens is 378 g/mol. The lowest BCUT2D eigenvalue weighted by Gasteiger charge is -2.08. The number of nitrogens with zero attached hydrogens (tertiary/aromatic N) is 1. The van der Waals surface area contributed by atoms with Crippen molar-refractivity contribution in [2.75, 3.05) is 12.4 Å². The van der Waals surface area contributed by atoms with Crippen LogP contribution in [0.15, 0.2) is 35.2 Å². The van der Waals surface area contributed by atoms with E-state index < -0.39 is 15.8 Å². The van der Waals surface area contributed by atoms with Crippen LogP contribution in [0.1, 0.15) is 52.6 Å². The van der Waals surface area contributed by atoms with Gasteiger partial charge in [-0.1, -0.05) is 17.7 Å². The Hall–Kier alpha value is -2.41. The summed E-state index contributed by atoms with van der Waals surface area (Å²) in [5, 5.41) is 0. The second-order valence-electron chi connectivity index (χ2n) is 7.35. The zero-order valence-corrected chi connectivity index (χ0v) is 17.2. The first-order valence-electron chi connectivity index (χ1n) is 9.35. The van der Waals surface area contributed by atoms with E-state index in [4.69, 9.17) is 4.74 Å². The third kappa shape index (κ3) is 4.52. The Morgan fingerprint density at radius 2 is 1.75 bits per heavy atom. The molecule has 0 atom stereocenters. The highest BCUT2D eigenvalue weighted by molar-refractivity contribution is 7.91. The summed E-state index contributed by atoms with van der Waals surface area (Å²) in [6, 6.07) is 8.76. The molecule has 0 radical (unpaired) electrons. The second-order valence-corrected chi connectivity index (χ2v) is 9.46. The Balaban J connectivity index is 1.53. The molecule has 1 saturated carbocycles. The van der Waals surface area contributed by atoms with E-state index in [9.17, 15) is 18.0 Å². The number of ketones is 1. The second kappa shape index (κ2) is 7.91. The quantitative estimate of drug-likeness (QED) is 0.499. The molecule has 0 spiro atoms. The fourth-order valence-corrected chi connectivity index (χ4v) is 4.55. The number of aromatic nitrogens is 1. The normalized spacial score (nSPS) is 14.1. The van der Waals surface area contributed by atoms with Crippen molar-refractivity contribution in [3.05, 3.63) is 52.8 Å². The van der Waals surface area contributed by atoms with Gasteiger partial charge in [0, 0.05) is 23.0 Å². The summed E-state index contributed by atoms with van der Waals surface area (Å²) < 4.78 is 31.8. The Labute approximate surface area is 165 Å². The van der Waals surface area contributed by atoms with Crippen LogP contribution in [0.2, 0.25) is 0 Å². The van der Waals surface area contributed by atoms with E-state index in [-0.39, 0.29) is 29.5 Å². The average Bonchev–Trinajstić information content (AvgIpc) is 3.43. The zero-order chi connectivity index (χ0) is 20.5. The molecule has 0 N–H and O–H groups in total. The number of carbonyl (C=O) groups excluding carboxylic acids is 2. The van der Waals surface area contributed by atoms with Gasteiger partial charge in [-0.25, -0.2) is 8.42 Å². The number of aryl methyl sites for hydroxylation is 2. The van der Waals surface area contributed by atoms with Gasteiger partial charge in [0.2, 0.25) is 5.78 Å². The third-order valence-corrected chi connectivity index (χ3v) is 6.75. The summed E-state index contributed by atoms with van der Waals surface area (Å²) in [7, 11) is -3.56. The SMILES string of the molecule is Cc1ccc(S(=O)(=O)CCC(=O)OCC(=O)c2cc(C)n(C3CC3)c2C)cc1. The van der Waals surface area contributed by atoms with E-state index >= 15 is 0 Å². The van der Waals surface area contributed by atoms with Crippen LogP contribution in [0.5, 0.6) is 0 Å². The molecule has 0 bridgehead atoms. The standard InChI is InChI=1S/C21H25NO5S/c1-14-4-8-18(9-5-14)28(25,26)11-10-21(24)27-13-20(23)19-12-15(2)22(16(19)3)17-6-7-17/h4-5,8-9,12,17H,6-7,10-11,13H2,1-3H3. The number of ether oxygens (including phenoxy) is 1. The molecule has 3 rings (SSSR count). The van der Waals surface area contributed by atoms with E-state index in [1.165, 1.54) is 12.1 Å². The van der Waals surface area contributed by atoms with E-state index in [1.54, 1.807) is 12.1 Å². The minimum atomic E-state index is -3.56. The summed E-state index contributed by atoms with van der Waals surface area (Å²) in [5.74, 6) is -1.31. The molecule has 1 fully saturated rings. The molecule has 1 aliphatic rings. The molecule has 1 heterocycles. The smallest absolute Gasteiger partial charge is 0.307 e. The predicted octanol–water partition coefficient (Wildman–Crippen LogP) is 3.34. The predicted molar refractivity (Wildman–Crippen MR) is 105 cm³/mol. The monoisotopic (exact) mass is 403 g/mol. The Kier molecular flexibility index (Phi) is 5.74. The molecule has 6 nitrogen and oxygen atoms in total. The van der Waals surface area contributed by atoms with Crippen molar-refractivity contribution >= 4 is 21.6 Å². The summed E-state index contributed by atoms with van der Waals surface area (Å²) in [6.45, 7) is 5.35. The van der Waals surface area contributed by atoms with Crippen LogP contribution in [0.25, 0.3) is 0 Å². The lowest BCUT2D eigenvalue weighted by molar-refractivity contribution is -0.142. The van der Waals surface area contributed by atoms with Crippen LogP contribution < -0.4 is 0 Å². The Bertz CT molecular complexity index is 998. The molecule has 2 aromatic rings. The first-order valence-corrected chi connectivity index (χ1v) is 11.0. The maximum absolute atomic E-state index is 12.4. The molecular formula is C21H25NO5S. The van der Waals surface area contributed by atoms with Gasteiger partial charge in [-0.05, 0) is 51.8 Å². The number of sulfone groups is 1. The minimum Gasteiger partial charge on any atom is -0.457 e. The molecule has 1 aromatic carbocycles. The molecule has 0 amide bonds. The van der Waals surface area contributed by atoms with Crippen molar-refractivity contribution in [2.24, 2.45) is 0 Å². The van der Waals surface area contributed by atoms with Crippen molar-refractivity contribution in [2.45, 2.75) is 51.0 Å². The van der Waals surface area contributed by atoms with Crippen LogP contribution in [-0.4, -0.2) is 37.1 Å². The van der Waals surface area contributed by atoms with Crippen molar-refractivity contribution in [3.8, 4) is 0 Å². The summed E-state index contributed by atoms with van der Waals surface area (Å²) in [4.78, 5) is 24.5.